The van der Waals surface area contributed by atoms with Crippen molar-refractivity contribution in [2.24, 2.45) is 0 Å². The number of nitrogens with one attached hydrogen (secondary N) is 2. The van der Waals surface area contributed by atoms with Crippen LogP contribution >= 0.6 is 12.4 Å². The maximum absolute atomic E-state index is 13.1. The zero-order valence-corrected chi connectivity index (χ0v) is 17.2. The molecule has 7 nitrogen and oxygen atoms in total. The Morgan fingerprint density at radius 3 is 2.70 bits per heavy atom. The summed E-state index contributed by atoms with van der Waals surface area (Å²) in [5.74, 6) is -0.222. The number of aryl methyl sites for hydroxylation is 1. The normalized spacial score (nSPS) is 21.3. The van der Waals surface area contributed by atoms with Crippen molar-refractivity contribution in [1.29, 1.82) is 0 Å². The second kappa shape index (κ2) is 9.84. The number of benzene rings is 1. The van der Waals surface area contributed by atoms with Gasteiger partial charge in [0.1, 0.15) is 0 Å². The van der Waals surface area contributed by atoms with Gasteiger partial charge in [-0.15, -0.1) is 12.4 Å². The minimum absolute atomic E-state index is 0. The number of piperidine rings is 1. The van der Waals surface area contributed by atoms with Crippen molar-refractivity contribution < 1.29 is 17.9 Å². The number of nitrogens with zero attached hydrogens (tertiary/aromatic N) is 1. The Hall–Kier alpha value is -1.19. The third-order valence-electron chi connectivity index (χ3n) is 4.93. The topological polar surface area (TPSA) is 87.7 Å². The van der Waals surface area contributed by atoms with Gasteiger partial charge in [0.15, 0.2) is 0 Å². The van der Waals surface area contributed by atoms with Gasteiger partial charge in [-0.2, -0.15) is 4.31 Å². The Bertz CT molecular complexity index is 745. The second-order valence-corrected chi connectivity index (χ2v) is 8.62. The van der Waals surface area contributed by atoms with Crippen molar-refractivity contribution in [3.05, 3.63) is 29.3 Å². The molecule has 152 valence electrons. The van der Waals surface area contributed by atoms with Gasteiger partial charge in [0.05, 0.1) is 18.1 Å². The lowest BCUT2D eigenvalue weighted by atomic mass is 10.1. The molecule has 1 atom stereocenters. The zero-order chi connectivity index (χ0) is 18.6. The summed E-state index contributed by atoms with van der Waals surface area (Å²) in [6.07, 6.45) is 2.55. The van der Waals surface area contributed by atoms with E-state index in [9.17, 15) is 13.2 Å². The number of hydrogen-bond donors (Lipinski definition) is 2. The third-order valence-corrected chi connectivity index (χ3v) is 6.91. The molecule has 1 amide bonds. The van der Waals surface area contributed by atoms with Gasteiger partial charge in [0, 0.05) is 31.2 Å². The fourth-order valence-electron chi connectivity index (χ4n) is 3.40. The quantitative estimate of drug-likeness (QED) is 0.751. The Balaban J connectivity index is 0.00000261. The standard InChI is InChI=1S/C18H27N3O4S.ClH/c1-2-14-5-6-15(18(22)20-16-4-3-7-19-13-16)12-17(14)26(23,24)21-8-10-25-11-9-21;/h5-6,12,16,19H,2-4,7-11,13H2,1H3,(H,20,22);1H. The molecular formula is C18H28ClN3O4S. The molecule has 27 heavy (non-hydrogen) atoms. The largest absolute Gasteiger partial charge is 0.379 e. The fraction of sp³-hybridized carbons (Fsp3) is 0.611. The Kier molecular flexibility index (Phi) is 8.05. The van der Waals surface area contributed by atoms with Crippen LogP contribution in [0, 0.1) is 0 Å². The number of ether oxygens (including phenoxy) is 1. The van der Waals surface area contributed by atoms with E-state index in [0.29, 0.717) is 38.3 Å². The summed E-state index contributed by atoms with van der Waals surface area (Å²) < 4.78 is 32.8. The van der Waals surface area contributed by atoms with Gasteiger partial charge in [-0.05, 0) is 43.5 Å². The first-order valence-corrected chi connectivity index (χ1v) is 10.7. The maximum Gasteiger partial charge on any atom is 0.251 e. The lowest BCUT2D eigenvalue weighted by molar-refractivity contribution is 0.0730. The van der Waals surface area contributed by atoms with E-state index in [2.05, 4.69) is 10.6 Å². The average molecular weight is 418 g/mol. The van der Waals surface area contributed by atoms with Crippen LogP contribution in [0.5, 0.6) is 0 Å². The van der Waals surface area contributed by atoms with Crippen molar-refractivity contribution in [2.45, 2.75) is 37.1 Å². The molecular weight excluding hydrogens is 390 g/mol. The smallest absolute Gasteiger partial charge is 0.251 e. The van der Waals surface area contributed by atoms with Gasteiger partial charge in [0.2, 0.25) is 10.0 Å². The first-order valence-electron chi connectivity index (χ1n) is 9.24. The highest BCUT2D eigenvalue weighted by atomic mass is 35.5. The van der Waals surface area contributed by atoms with Crippen LogP contribution in [0.15, 0.2) is 23.1 Å². The molecule has 2 heterocycles. The highest BCUT2D eigenvalue weighted by molar-refractivity contribution is 7.89. The molecule has 0 saturated carbocycles. The van der Waals surface area contributed by atoms with Gasteiger partial charge in [-0.25, -0.2) is 8.42 Å². The Morgan fingerprint density at radius 2 is 2.07 bits per heavy atom. The molecule has 1 unspecified atom stereocenters. The van der Waals surface area contributed by atoms with Gasteiger partial charge < -0.3 is 15.4 Å². The SMILES string of the molecule is CCc1ccc(C(=O)NC2CCCNC2)cc1S(=O)(=O)N1CCOCC1.Cl. The summed E-state index contributed by atoms with van der Waals surface area (Å²) in [7, 11) is -3.63. The molecule has 3 rings (SSSR count). The summed E-state index contributed by atoms with van der Waals surface area (Å²) in [6.45, 7) is 5.12. The lowest BCUT2D eigenvalue weighted by Crippen LogP contribution is -2.45. The highest BCUT2D eigenvalue weighted by Crippen LogP contribution is 2.23. The third kappa shape index (κ3) is 5.20. The number of halogens is 1. The number of carbonyl (C=O) groups is 1. The van der Waals surface area contributed by atoms with Crippen molar-refractivity contribution in [2.75, 3.05) is 39.4 Å². The molecule has 2 fully saturated rings. The first kappa shape index (κ1) is 22.1. The minimum Gasteiger partial charge on any atom is -0.379 e. The molecule has 2 aliphatic heterocycles. The molecule has 0 bridgehead atoms. The zero-order valence-electron chi connectivity index (χ0n) is 15.6. The Morgan fingerprint density at radius 1 is 1.33 bits per heavy atom. The predicted octanol–water partition coefficient (Wildman–Crippen LogP) is 1.17. The van der Waals surface area contributed by atoms with Crippen LogP contribution in [0.1, 0.15) is 35.7 Å². The van der Waals surface area contributed by atoms with E-state index in [1.165, 1.54) is 10.4 Å². The van der Waals surface area contributed by atoms with Crippen LogP contribution in [0.25, 0.3) is 0 Å². The molecule has 0 aromatic heterocycles. The first-order chi connectivity index (χ1) is 12.5. The van der Waals surface area contributed by atoms with E-state index >= 15 is 0 Å². The number of hydrogen-bond acceptors (Lipinski definition) is 5. The molecule has 2 N–H and O–H groups in total. The van der Waals surface area contributed by atoms with E-state index in [1.54, 1.807) is 12.1 Å². The number of amides is 1. The number of morpholine rings is 1. The molecule has 2 saturated heterocycles. The van der Waals surface area contributed by atoms with Gasteiger partial charge >= 0.3 is 0 Å². The van der Waals surface area contributed by atoms with Crippen molar-refractivity contribution in [3.63, 3.8) is 0 Å². The van der Waals surface area contributed by atoms with Crippen molar-refractivity contribution in [3.8, 4) is 0 Å². The van der Waals surface area contributed by atoms with Crippen molar-refractivity contribution >= 4 is 28.3 Å². The predicted molar refractivity (Wildman–Crippen MR) is 106 cm³/mol. The molecule has 0 spiro atoms. The molecule has 1 aromatic carbocycles. The van der Waals surface area contributed by atoms with E-state index in [4.69, 9.17) is 4.74 Å². The van der Waals surface area contributed by atoms with Crippen molar-refractivity contribution in [1.82, 2.24) is 14.9 Å². The molecule has 1 aromatic rings. The minimum atomic E-state index is -3.63. The highest BCUT2D eigenvalue weighted by Gasteiger charge is 2.29. The summed E-state index contributed by atoms with van der Waals surface area (Å²) in [4.78, 5) is 12.8. The molecule has 0 radical (unpaired) electrons. The van der Waals surface area contributed by atoms with Crippen LogP contribution < -0.4 is 10.6 Å². The lowest BCUT2D eigenvalue weighted by Gasteiger charge is -2.27. The summed E-state index contributed by atoms with van der Waals surface area (Å²) in [5.41, 5.74) is 1.12. The van der Waals surface area contributed by atoms with E-state index in [1.807, 2.05) is 6.92 Å². The number of carbonyl (C=O) groups excluding carboxylic acids is 1. The summed E-state index contributed by atoms with van der Waals surface area (Å²) in [6, 6.07) is 5.07. The van der Waals surface area contributed by atoms with Crippen LogP contribution in [0.4, 0.5) is 0 Å². The van der Waals surface area contributed by atoms with Gasteiger partial charge in [-0.1, -0.05) is 13.0 Å². The van der Waals surface area contributed by atoms with E-state index < -0.39 is 10.0 Å². The van der Waals surface area contributed by atoms with E-state index in [0.717, 1.165) is 31.5 Å². The molecule has 0 aliphatic carbocycles. The molecule has 2 aliphatic rings. The van der Waals surface area contributed by atoms with Gasteiger partial charge in [-0.3, -0.25) is 4.79 Å². The fourth-order valence-corrected chi connectivity index (χ4v) is 5.13. The van der Waals surface area contributed by atoms with Crippen LogP contribution in [-0.4, -0.2) is 64.1 Å². The number of sulfonamides is 1. The average Bonchev–Trinajstić information content (AvgIpc) is 2.69. The van der Waals surface area contributed by atoms with Crippen LogP contribution in [-0.2, 0) is 21.2 Å². The monoisotopic (exact) mass is 417 g/mol. The van der Waals surface area contributed by atoms with Crippen LogP contribution in [0.2, 0.25) is 0 Å². The maximum atomic E-state index is 13.1. The number of rotatable bonds is 5. The van der Waals surface area contributed by atoms with E-state index in [-0.39, 0.29) is 29.3 Å². The second-order valence-electron chi connectivity index (χ2n) is 6.71. The summed E-state index contributed by atoms with van der Waals surface area (Å²) in [5, 5.41) is 6.26. The van der Waals surface area contributed by atoms with Crippen LogP contribution in [0.3, 0.4) is 0 Å². The molecule has 9 heteroatoms. The van der Waals surface area contributed by atoms with Gasteiger partial charge in [0.25, 0.3) is 5.91 Å². The summed E-state index contributed by atoms with van der Waals surface area (Å²) >= 11 is 0. The Labute approximate surface area is 167 Å².